The van der Waals surface area contributed by atoms with Crippen LogP contribution < -0.4 is 5.32 Å². The van der Waals surface area contributed by atoms with Crippen molar-refractivity contribution in [2.75, 3.05) is 6.26 Å². The van der Waals surface area contributed by atoms with E-state index in [2.05, 4.69) is 27.5 Å². The van der Waals surface area contributed by atoms with E-state index >= 15 is 0 Å². The molecule has 1 N–H and O–H groups in total. The van der Waals surface area contributed by atoms with Gasteiger partial charge in [-0.1, -0.05) is 46.3 Å². The monoisotopic (exact) mass is 363 g/mol. The third-order valence-electron chi connectivity index (χ3n) is 3.22. The largest absolute Gasteiger partial charge is 0.345 e. The number of hydrogen-bond donors (Lipinski definition) is 1. The normalized spacial score (nSPS) is 12.0. The van der Waals surface area contributed by atoms with Gasteiger partial charge in [0, 0.05) is 15.8 Å². The van der Waals surface area contributed by atoms with Gasteiger partial charge < -0.3 is 5.32 Å². The number of carbonyl (C=O) groups is 1. The van der Waals surface area contributed by atoms with Crippen molar-refractivity contribution in [3.63, 3.8) is 0 Å². The minimum absolute atomic E-state index is 0.0405. The Balaban J connectivity index is 2.11. The van der Waals surface area contributed by atoms with Gasteiger partial charge in [-0.3, -0.25) is 4.79 Å². The Kier molecular flexibility index (Phi) is 5.88. The fourth-order valence-electron chi connectivity index (χ4n) is 2.15. The maximum absolute atomic E-state index is 12.4. The van der Waals surface area contributed by atoms with E-state index in [1.807, 2.05) is 55.5 Å². The van der Waals surface area contributed by atoms with Crippen LogP contribution in [0.15, 0.2) is 53.0 Å². The van der Waals surface area contributed by atoms with Crippen molar-refractivity contribution in [2.45, 2.75) is 18.7 Å². The third-order valence-corrected chi connectivity index (χ3v) is 4.56. The van der Waals surface area contributed by atoms with Crippen LogP contribution in [0.4, 0.5) is 0 Å². The van der Waals surface area contributed by atoms with Crippen LogP contribution in [0.2, 0.25) is 0 Å². The van der Waals surface area contributed by atoms with Gasteiger partial charge in [0.15, 0.2) is 0 Å². The molecule has 110 valence electrons. The van der Waals surface area contributed by atoms with Crippen molar-refractivity contribution in [1.29, 1.82) is 0 Å². The molecular weight excluding hydrogens is 346 g/mol. The molecule has 0 aliphatic heterocycles. The van der Waals surface area contributed by atoms with E-state index in [-0.39, 0.29) is 11.9 Å². The maximum atomic E-state index is 12.4. The first-order valence-electron chi connectivity index (χ1n) is 6.75. The van der Waals surface area contributed by atoms with Gasteiger partial charge in [0.05, 0.1) is 6.04 Å². The number of hydrogen-bond acceptors (Lipinski definition) is 2. The Labute approximate surface area is 138 Å². The topological polar surface area (TPSA) is 29.1 Å². The molecule has 0 heterocycles. The summed E-state index contributed by atoms with van der Waals surface area (Å²) in [5, 5.41) is 3.05. The van der Waals surface area contributed by atoms with Crippen LogP contribution in [0.25, 0.3) is 0 Å². The van der Waals surface area contributed by atoms with Crippen molar-refractivity contribution < 1.29 is 4.79 Å². The van der Waals surface area contributed by atoms with E-state index in [1.54, 1.807) is 11.8 Å². The first-order valence-corrected chi connectivity index (χ1v) is 8.93. The molecule has 0 saturated carbocycles. The number of benzene rings is 2. The molecule has 2 aromatic carbocycles. The highest BCUT2D eigenvalue weighted by molar-refractivity contribution is 9.10. The smallest absolute Gasteiger partial charge is 0.251 e. The lowest BCUT2D eigenvalue weighted by Gasteiger charge is -2.16. The summed E-state index contributed by atoms with van der Waals surface area (Å²) in [6, 6.07) is 15.7. The maximum Gasteiger partial charge on any atom is 0.251 e. The van der Waals surface area contributed by atoms with Crippen molar-refractivity contribution in [1.82, 2.24) is 5.32 Å². The highest BCUT2D eigenvalue weighted by Crippen LogP contribution is 2.23. The summed E-state index contributed by atoms with van der Waals surface area (Å²) >= 11 is 5.27. The summed E-state index contributed by atoms with van der Waals surface area (Å²) in [5.41, 5.74) is 2.95. The van der Waals surface area contributed by atoms with Crippen molar-refractivity contribution in [3.05, 3.63) is 69.7 Å². The number of amides is 1. The Morgan fingerprint density at radius 2 is 2.00 bits per heavy atom. The molecule has 2 aromatic rings. The van der Waals surface area contributed by atoms with E-state index in [0.29, 0.717) is 5.56 Å². The molecule has 0 spiro atoms. The van der Waals surface area contributed by atoms with Crippen molar-refractivity contribution in [2.24, 2.45) is 0 Å². The molecule has 0 fully saturated rings. The van der Waals surface area contributed by atoms with Crippen LogP contribution in [0, 0.1) is 0 Å². The lowest BCUT2D eigenvalue weighted by atomic mass is 10.1. The average molecular weight is 364 g/mol. The second kappa shape index (κ2) is 7.66. The minimum Gasteiger partial charge on any atom is -0.345 e. The van der Waals surface area contributed by atoms with Gasteiger partial charge in [-0.15, -0.1) is 0 Å². The van der Waals surface area contributed by atoms with E-state index in [0.717, 1.165) is 15.8 Å². The molecule has 21 heavy (non-hydrogen) atoms. The molecule has 0 aromatic heterocycles. The number of halogens is 1. The number of rotatable bonds is 5. The van der Waals surface area contributed by atoms with Crippen LogP contribution in [0.3, 0.4) is 0 Å². The number of nitrogens with one attached hydrogen (secondary N) is 1. The highest BCUT2D eigenvalue weighted by atomic mass is 79.9. The van der Waals surface area contributed by atoms with Gasteiger partial charge in [0.25, 0.3) is 5.91 Å². The third kappa shape index (κ3) is 4.35. The molecule has 1 amide bonds. The predicted molar refractivity (Wildman–Crippen MR) is 93.7 cm³/mol. The fraction of sp³-hybridized carbons (Fsp3) is 0.235. The second-order valence-electron chi connectivity index (χ2n) is 4.85. The minimum atomic E-state index is -0.0442. The second-order valence-corrected chi connectivity index (χ2v) is 6.57. The molecule has 2 nitrogen and oxygen atoms in total. The summed E-state index contributed by atoms with van der Waals surface area (Å²) in [6.45, 7) is 1.99. The van der Waals surface area contributed by atoms with Gasteiger partial charge in [0.1, 0.15) is 0 Å². The van der Waals surface area contributed by atoms with Crippen LogP contribution in [0.5, 0.6) is 0 Å². The molecule has 1 unspecified atom stereocenters. The van der Waals surface area contributed by atoms with E-state index in [1.165, 1.54) is 5.56 Å². The van der Waals surface area contributed by atoms with E-state index in [9.17, 15) is 4.79 Å². The molecule has 2 rings (SSSR count). The van der Waals surface area contributed by atoms with Crippen LogP contribution in [-0.2, 0) is 5.75 Å². The summed E-state index contributed by atoms with van der Waals surface area (Å²) in [7, 11) is 0. The zero-order valence-electron chi connectivity index (χ0n) is 12.1. The standard InChI is InChI=1S/C17H18BrNOS/c1-12(15-8-3-4-9-16(15)18)19-17(20)14-7-5-6-13(10-14)11-21-2/h3-10,12H,11H2,1-2H3,(H,19,20). The molecule has 0 saturated heterocycles. The molecule has 0 bridgehead atoms. The van der Waals surface area contributed by atoms with Gasteiger partial charge in [-0.2, -0.15) is 11.8 Å². The average Bonchev–Trinajstić information content (AvgIpc) is 2.48. The number of thioether (sulfide) groups is 1. The lowest BCUT2D eigenvalue weighted by molar-refractivity contribution is 0.0939. The molecule has 1 atom stereocenters. The summed E-state index contributed by atoms with van der Waals surface area (Å²) < 4.78 is 1.01. The Morgan fingerprint density at radius 1 is 1.24 bits per heavy atom. The first kappa shape index (κ1) is 16.1. The lowest BCUT2D eigenvalue weighted by Crippen LogP contribution is -2.26. The van der Waals surface area contributed by atoms with Gasteiger partial charge in [-0.25, -0.2) is 0 Å². The van der Waals surface area contributed by atoms with Gasteiger partial charge in [0.2, 0.25) is 0 Å². The number of carbonyl (C=O) groups excluding carboxylic acids is 1. The fourth-order valence-corrected chi connectivity index (χ4v) is 3.29. The summed E-state index contributed by atoms with van der Waals surface area (Å²) in [4.78, 5) is 12.4. The molecule has 0 radical (unpaired) electrons. The Morgan fingerprint density at radius 3 is 2.71 bits per heavy atom. The highest BCUT2D eigenvalue weighted by Gasteiger charge is 2.13. The van der Waals surface area contributed by atoms with Crippen molar-refractivity contribution in [3.8, 4) is 0 Å². The Bertz CT molecular complexity index is 630. The molecule has 0 aliphatic carbocycles. The van der Waals surface area contributed by atoms with Crippen LogP contribution in [0.1, 0.15) is 34.5 Å². The van der Waals surface area contributed by atoms with Gasteiger partial charge >= 0.3 is 0 Å². The SMILES string of the molecule is CSCc1cccc(C(=O)NC(C)c2ccccc2Br)c1. The molecular formula is C17H18BrNOS. The first-order chi connectivity index (χ1) is 10.1. The zero-order valence-corrected chi connectivity index (χ0v) is 14.5. The summed E-state index contributed by atoms with van der Waals surface area (Å²) in [6.07, 6.45) is 2.06. The zero-order chi connectivity index (χ0) is 15.2. The van der Waals surface area contributed by atoms with E-state index < -0.39 is 0 Å². The van der Waals surface area contributed by atoms with Crippen LogP contribution >= 0.6 is 27.7 Å². The summed E-state index contributed by atoms with van der Waals surface area (Å²) in [5.74, 6) is 0.877. The van der Waals surface area contributed by atoms with E-state index in [4.69, 9.17) is 0 Å². The molecule has 0 aliphatic rings. The predicted octanol–water partition coefficient (Wildman–Crippen LogP) is 4.80. The van der Waals surface area contributed by atoms with Crippen molar-refractivity contribution >= 4 is 33.6 Å². The van der Waals surface area contributed by atoms with Gasteiger partial charge in [-0.05, 0) is 42.5 Å². The Hall–Kier alpha value is -1.26. The molecule has 4 heteroatoms. The quantitative estimate of drug-likeness (QED) is 0.826. The van der Waals surface area contributed by atoms with Crippen LogP contribution in [-0.4, -0.2) is 12.2 Å².